The Morgan fingerprint density at radius 2 is 2.35 bits per heavy atom. The molecule has 1 fully saturated rings. The summed E-state index contributed by atoms with van der Waals surface area (Å²) in [5.41, 5.74) is 1.83. The molecule has 1 saturated heterocycles. The Kier molecular flexibility index (Phi) is 5.43. The van der Waals surface area contributed by atoms with Gasteiger partial charge in [0, 0.05) is 23.2 Å². The first-order valence-corrected chi connectivity index (χ1v) is 8.02. The molecule has 0 aromatic heterocycles. The third kappa shape index (κ3) is 3.52. The van der Waals surface area contributed by atoms with Gasteiger partial charge in [-0.1, -0.05) is 15.9 Å². The predicted molar refractivity (Wildman–Crippen MR) is 82.4 cm³/mol. The van der Waals surface area contributed by atoms with Crippen molar-refractivity contribution in [2.45, 2.75) is 31.7 Å². The number of anilines is 1. The number of hydrogen-bond acceptors (Lipinski definition) is 3. The van der Waals surface area contributed by atoms with E-state index in [1.165, 1.54) is 0 Å². The number of carbonyl (C=O) groups excluding carboxylic acids is 1. The first kappa shape index (κ1) is 15.3. The number of ether oxygens (including phenoxy) is 2. The molecule has 0 aliphatic carbocycles. The van der Waals surface area contributed by atoms with Crippen molar-refractivity contribution in [2.24, 2.45) is 5.92 Å². The van der Waals surface area contributed by atoms with Crippen LogP contribution in [0.15, 0.2) is 18.2 Å². The van der Waals surface area contributed by atoms with Crippen molar-refractivity contribution in [3.8, 4) is 5.75 Å². The molecule has 2 atom stereocenters. The molecule has 1 amide bonds. The first-order valence-electron chi connectivity index (χ1n) is 6.89. The van der Waals surface area contributed by atoms with Gasteiger partial charge in [-0.25, -0.2) is 0 Å². The fourth-order valence-corrected chi connectivity index (χ4v) is 2.81. The second-order valence-corrected chi connectivity index (χ2v) is 5.41. The highest BCUT2D eigenvalue weighted by Crippen LogP contribution is 2.27. The number of amides is 1. The van der Waals surface area contributed by atoms with Crippen LogP contribution in [0.4, 0.5) is 5.69 Å². The highest BCUT2D eigenvalue weighted by molar-refractivity contribution is 9.08. The van der Waals surface area contributed by atoms with Crippen LogP contribution in [0.5, 0.6) is 5.75 Å². The minimum Gasteiger partial charge on any atom is -0.494 e. The molecular weight excluding hydrogens is 322 g/mol. The van der Waals surface area contributed by atoms with Crippen molar-refractivity contribution >= 4 is 27.5 Å². The minimum absolute atomic E-state index is 0.00616. The Labute approximate surface area is 128 Å². The van der Waals surface area contributed by atoms with E-state index in [-0.39, 0.29) is 17.9 Å². The van der Waals surface area contributed by atoms with Gasteiger partial charge >= 0.3 is 0 Å². The molecule has 1 N–H and O–H groups in total. The second-order valence-electron chi connectivity index (χ2n) is 4.85. The number of carbonyl (C=O) groups is 1. The number of hydrogen-bond donors (Lipinski definition) is 1. The summed E-state index contributed by atoms with van der Waals surface area (Å²) in [6.07, 6.45) is 0.781. The van der Waals surface area contributed by atoms with Gasteiger partial charge in [0.2, 0.25) is 5.91 Å². The van der Waals surface area contributed by atoms with Crippen molar-refractivity contribution in [1.82, 2.24) is 0 Å². The Morgan fingerprint density at radius 3 is 2.95 bits per heavy atom. The largest absolute Gasteiger partial charge is 0.494 e. The maximum atomic E-state index is 12.2. The van der Waals surface area contributed by atoms with Crippen molar-refractivity contribution in [3.05, 3.63) is 23.8 Å². The molecule has 2 rings (SSSR count). The van der Waals surface area contributed by atoms with E-state index < -0.39 is 0 Å². The summed E-state index contributed by atoms with van der Waals surface area (Å²) in [5.74, 6) is 0.814. The van der Waals surface area contributed by atoms with Gasteiger partial charge in [0.25, 0.3) is 0 Å². The predicted octanol–water partition coefficient (Wildman–Crippen LogP) is 3.34. The van der Waals surface area contributed by atoms with Crippen LogP contribution in [0.25, 0.3) is 0 Å². The minimum atomic E-state index is -0.0611. The van der Waals surface area contributed by atoms with Gasteiger partial charge in [-0.2, -0.15) is 0 Å². The Bertz CT molecular complexity index is 478. The lowest BCUT2D eigenvalue weighted by Crippen LogP contribution is -2.27. The standard InChI is InChI=1S/C15H20BrNO3/c1-3-19-14-5-4-12(8-11(14)9-16)17-15(18)13-6-7-20-10(13)2/h4-5,8,10,13H,3,6-7,9H2,1-2H3,(H,17,18). The summed E-state index contributed by atoms with van der Waals surface area (Å²) in [7, 11) is 0. The molecule has 1 aliphatic heterocycles. The number of nitrogens with one attached hydrogen (secondary N) is 1. The van der Waals surface area contributed by atoms with Gasteiger partial charge in [-0.3, -0.25) is 4.79 Å². The van der Waals surface area contributed by atoms with E-state index in [0.717, 1.165) is 23.4 Å². The average molecular weight is 342 g/mol. The summed E-state index contributed by atoms with van der Waals surface area (Å²) >= 11 is 3.44. The van der Waals surface area contributed by atoms with Crippen molar-refractivity contribution in [3.63, 3.8) is 0 Å². The van der Waals surface area contributed by atoms with E-state index in [2.05, 4.69) is 21.2 Å². The Balaban J connectivity index is 2.07. The SMILES string of the molecule is CCOc1ccc(NC(=O)C2CCOC2C)cc1CBr. The normalized spacial score (nSPS) is 21.8. The molecule has 0 spiro atoms. The summed E-state index contributed by atoms with van der Waals surface area (Å²) in [5, 5.41) is 3.65. The van der Waals surface area contributed by atoms with E-state index >= 15 is 0 Å². The molecule has 5 heteroatoms. The van der Waals surface area contributed by atoms with Crippen LogP contribution in [0, 0.1) is 5.92 Å². The van der Waals surface area contributed by atoms with Crippen LogP contribution in [-0.4, -0.2) is 25.2 Å². The monoisotopic (exact) mass is 341 g/mol. The molecule has 4 nitrogen and oxygen atoms in total. The summed E-state index contributed by atoms with van der Waals surface area (Å²) in [4.78, 5) is 12.2. The second kappa shape index (κ2) is 7.09. The van der Waals surface area contributed by atoms with Crippen LogP contribution < -0.4 is 10.1 Å². The molecule has 0 radical (unpaired) electrons. The van der Waals surface area contributed by atoms with E-state index in [4.69, 9.17) is 9.47 Å². The van der Waals surface area contributed by atoms with Crippen LogP contribution in [0.2, 0.25) is 0 Å². The number of rotatable bonds is 5. The van der Waals surface area contributed by atoms with Crippen LogP contribution >= 0.6 is 15.9 Å². The van der Waals surface area contributed by atoms with Gasteiger partial charge in [-0.05, 0) is 38.5 Å². The van der Waals surface area contributed by atoms with Gasteiger partial charge in [-0.15, -0.1) is 0 Å². The van der Waals surface area contributed by atoms with E-state index in [9.17, 15) is 4.79 Å². The smallest absolute Gasteiger partial charge is 0.230 e. The van der Waals surface area contributed by atoms with Crippen LogP contribution in [0.1, 0.15) is 25.8 Å². The maximum Gasteiger partial charge on any atom is 0.230 e. The zero-order valence-electron chi connectivity index (χ0n) is 11.8. The van der Waals surface area contributed by atoms with Gasteiger partial charge in [0.15, 0.2) is 0 Å². The van der Waals surface area contributed by atoms with E-state index in [0.29, 0.717) is 18.5 Å². The number of alkyl halides is 1. The molecule has 20 heavy (non-hydrogen) atoms. The average Bonchev–Trinajstić information content (AvgIpc) is 2.87. The molecule has 1 aromatic carbocycles. The molecule has 110 valence electrons. The van der Waals surface area contributed by atoms with Crippen LogP contribution in [0.3, 0.4) is 0 Å². The fourth-order valence-electron chi connectivity index (χ4n) is 2.37. The van der Waals surface area contributed by atoms with Crippen LogP contribution in [-0.2, 0) is 14.9 Å². The third-order valence-corrected chi connectivity index (χ3v) is 4.09. The van der Waals surface area contributed by atoms with E-state index in [1.807, 2.05) is 32.0 Å². The highest BCUT2D eigenvalue weighted by Gasteiger charge is 2.30. The lowest BCUT2D eigenvalue weighted by Gasteiger charge is -2.15. The summed E-state index contributed by atoms with van der Waals surface area (Å²) in [6.45, 7) is 5.19. The molecule has 0 bridgehead atoms. The summed E-state index contributed by atoms with van der Waals surface area (Å²) in [6, 6.07) is 5.71. The van der Waals surface area contributed by atoms with Gasteiger partial charge in [0.1, 0.15) is 5.75 Å². The molecule has 1 aromatic rings. The van der Waals surface area contributed by atoms with Crippen molar-refractivity contribution < 1.29 is 14.3 Å². The molecule has 1 heterocycles. The molecular formula is C15H20BrNO3. The quantitative estimate of drug-likeness (QED) is 0.835. The van der Waals surface area contributed by atoms with Gasteiger partial charge < -0.3 is 14.8 Å². The summed E-state index contributed by atoms with van der Waals surface area (Å²) < 4.78 is 11.0. The first-order chi connectivity index (χ1) is 9.65. The van der Waals surface area contributed by atoms with E-state index in [1.54, 1.807) is 0 Å². The Hall–Kier alpha value is -1.07. The zero-order valence-corrected chi connectivity index (χ0v) is 13.4. The lowest BCUT2D eigenvalue weighted by molar-refractivity contribution is -0.121. The third-order valence-electron chi connectivity index (χ3n) is 3.48. The number of halogens is 1. The Morgan fingerprint density at radius 1 is 1.55 bits per heavy atom. The zero-order chi connectivity index (χ0) is 14.5. The fraction of sp³-hybridized carbons (Fsp3) is 0.533. The topological polar surface area (TPSA) is 47.6 Å². The van der Waals surface area contributed by atoms with Crippen molar-refractivity contribution in [1.29, 1.82) is 0 Å². The highest BCUT2D eigenvalue weighted by atomic mass is 79.9. The van der Waals surface area contributed by atoms with Gasteiger partial charge in [0.05, 0.1) is 18.6 Å². The molecule has 0 saturated carbocycles. The lowest BCUT2D eigenvalue weighted by atomic mass is 10.0. The molecule has 1 aliphatic rings. The number of benzene rings is 1. The maximum absolute atomic E-state index is 12.2. The molecule has 2 unspecified atom stereocenters. The van der Waals surface area contributed by atoms with Crippen molar-refractivity contribution in [2.75, 3.05) is 18.5 Å².